The largest absolute Gasteiger partial charge is 0.444 e. The number of rotatable bonds is 4. The Kier molecular flexibility index (Phi) is 7.52. The van der Waals surface area contributed by atoms with Crippen LogP contribution >= 0.6 is 11.6 Å². The van der Waals surface area contributed by atoms with Crippen molar-refractivity contribution in [1.29, 1.82) is 0 Å². The minimum Gasteiger partial charge on any atom is -0.444 e. The van der Waals surface area contributed by atoms with E-state index >= 15 is 0 Å². The quantitative estimate of drug-likeness (QED) is 0.530. The van der Waals surface area contributed by atoms with Crippen LogP contribution in [0.1, 0.15) is 68.9 Å². The van der Waals surface area contributed by atoms with Crippen molar-refractivity contribution in [2.24, 2.45) is 5.16 Å². The van der Waals surface area contributed by atoms with Gasteiger partial charge in [-0.15, -0.1) is 0 Å². The number of benzene rings is 1. The van der Waals surface area contributed by atoms with Crippen molar-refractivity contribution in [1.82, 2.24) is 9.88 Å². The van der Waals surface area contributed by atoms with Gasteiger partial charge in [0.1, 0.15) is 5.60 Å². The number of ether oxygens (including phenoxy) is 1. The average Bonchev–Trinajstić information content (AvgIpc) is 3.11. The first-order chi connectivity index (χ1) is 17.8. The van der Waals surface area contributed by atoms with Gasteiger partial charge in [-0.3, -0.25) is 14.5 Å². The number of ketones is 1. The van der Waals surface area contributed by atoms with E-state index in [4.69, 9.17) is 21.2 Å². The van der Waals surface area contributed by atoms with Gasteiger partial charge in [0.15, 0.2) is 17.1 Å². The molecule has 0 radical (unpaired) electrons. The highest BCUT2D eigenvalue weighted by atomic mass is 35.5. The summed E-state index contributed by atoms with van der Waals surface area (Å²) in [6, 6.07) is 8.09. The second-order valence-electron chi connectivity index (χ2n) is 11.1. The molecule has 4 rings (SSSR count). The Labute approximate surface area is 227 Å². The molecule has 1 atom stereocenters. The van der Waals surface area contributed by atoms with E-state index in [-0.39, 0.29) is 30.0 Å². The molecule has 1 aromatic carbocycles. The highest BCUT2D eigenvalue weighted by Crippen LogP contribution is 2.31. The van der Waals surface area contributed by atoms with E-state index < -0.39 is 17.3 Å². The summed E-state index contributed by atoms with van der Waals surface area (Å²) < 4.78 is 5.57. The molecule has 0 aliphatic carbocycles. The number of aryl methyl sites for hydroxylation is 1. The Balaban J connectivity index is 1.66. The van der Waals surface area contributed by atoms with E-state index in [2.05, 4.69) is 10.1 Å². The van der Waals surface area contributed by atoms with Crippen LogP contribution in [0.15, 0.2) is 41.7 Å². The minimum atomic E-state index is -1.02. The van der Waals surface area contributed by atoms with Gasteiger partial charge in [0.05, 0.1) is 11.1 Å². The van der Waals surface area contributed by atoms with Crippen molar-refractivity contribution >= 4 is 40.9 Å². The normalized spacial score (nSPS) is 19.0. The summed E-state index contributed by atoms with van der Waals surface area (Å²) in [5, 5.41) is 4.32. The van der Waals surface area contributed by atoms with E-state index in [0.717, 1.165) is 0 Å². The number of anilines is 1. The highest BCUT2D eigenvalue weighted by Gasteiger charge is 2.41. The number of nitrogens with zero attached hydrogens (tertiary/aromatic N) is 4. The molecule has 10 heteroatoms. The third-order valence-electron chi connectivity index (χ3n) is 6.45. The monoisotopic (exact) mass is 540 g/mol. The van der Waals surface area contributed by atoms with Crippen LogP contribution in [-0.4, -0.2) is 63.7 Å². The van der Waals surface area contributed by atoms with Crippen molar-refractivity contribution in [3.63, 3.8) is 0 Å². The Bertz CT molecular complexity index is 1300. The summed E-state index contributed by atoms with van der Waals surface area (Å²) in [6.45, 7) is 11.4. The second-order valence-corrected chi connectivity index (χ2v) is 11.5. The Morgan fingerprint density at radius 2 is 1.97 bits per heavy atom. The fourth-order valence-corrected chi connectivity index (χ4v) is 4.76. The number of carbonyl (C=O) groups is 3. The first-order valence-corrected chi connectivity index (χ1v) is 13.0. The molecule has 0 spiro atoms. The predicted molar refractivity (Wildman–Crippen MR) is 145 cm³/mol. The number of amides is 2. The minimum absolute atomic E-state index is 0.217. The summed E-state index contributed by atoms with van der Waals surface area (Å²) in [5.74, 6) is -0.207. The van der Waals surface area contributed by atoms with Gasteiger partial charge in [-0.05, 0) is 84.2 Å². The molecule has 2 aliphatic rings. The molecule has 0 unspecified atom stereocenters. The smallest absolute Gasteiger partial charge is 0.410 e. The number of hydrogen-bond donors (Lipinski definition) is 0. The highest BCUT2D eigenvalue weighted by molar-refractivity contribution is 6.49. The number of carbonyl (C=O) groups excluding carboxylic acids is 3. The van der Waals surface area contributed by atoms with Crippen molar-refractivity contribution < 1.29 is 24.0 Å². The molecule has 202 valence electrons. The number of pyridine rings is 1. The molecule has 38 heavy (non-hydrogen) atoms. The van der Waals surface area contributed by atoms with Crippen LogP contribution in [0.25, 0.3) is 0 Å². The molecule has 1 aromatic heterocycles. The third kappa shape index (κ3) is 5.67. The number of oxime groups is 1. The van der Waals surface area contributed by atoms with Gasteiger partial charge in [-0.1, -0.05) is 22.8 Å². The lowest BCUT2D eigenvalue weighted by Gasteiger charge is -2.39. The lowest BCUT2D eigenvalue weighted by molar-refractivity contribution is -0.128. The van der Waals surface area contributed by atoms with Gasteiger partial charge in [0.2, 0.25) is 5.78 Å². The molecular weight excluding hydrogens is 508 g/mol. The fraction of sp³-hybridized carbons (Fsp3) is 0.464. The first-order valence-electron chi connectivity index (χ1n) is 12.6. The predicted octanol–water partition coefficient (Wildman–Crippen LogP) is 5.17. The van der Waals surface area contributed by atoms with E-state index in [1.807, 2.05) is 27.7 Å². The van der Waals surface area contributed by atoms with Crippen LogP contribution in [-0.2, 0) is 14.4 Å². The summed E-state index contributed by atoms with van der Waals surface area (Å²) in [7, 11) is 0. The van der Waals surface area contributed by atoms with Gasteiger partial charge in [-0.25, -0.2) is 9.78 Å². The maximum absolute atomic E-state index is 14.0. The number of aromatic nitrogens is 1. The molecule has 3 heterocycles. The first kappa shape index (κ1) is 27.6. The van der Waals surface area contributed by atoms with Gasteiger partial charge in [-0.2, -0.15) is 0 Å². The van der Waals surface area contributed by atoms with Crippen LogP contribution in [0.5, 0.6) is 0 Å². The zero-order valence-corrected chi connectivity index (χ0v) is 23.3. The van der Waals surface area contributed by atoms with E-state index in [9.17, 15) is 14.4 Å². The molecule has 0 N–H and O–H groups in total. The molecule has 2 aliphatic heterocycles. The number of halogens is 1. The van der Waals surface area contributed by atoms with Crippen molar-refractivity contribution in [3.8, 4) is 0 Å². The van der Waals surface area contributed by atoms with Crippen molar-refractivity contribution in [3.05, 3.63) is 58.2 Å². The van der Waals surface area contributed by atoms with Gasteiger partial charge in [0.25, 0.3) is 5.91 Å². The number of piperidine rings is 1. The molecule has 2 aromatic rings. The van der Waals surface area contributed by atoms with E-state index in [1.54, 1.807) is 60.2 Å². The van der Waals surface area contributed by atoms with Gasteiger partial charge < -0.3 is 14.5 Å². The van der Waals surface area contributed by atoms with Crippen LogP contribution in [0, 0.1) is 6.92 Å². The van der Waals surface area contributed by atoms with Gasteiger partial charge >= 0.3 is 6.09 Å². The summed E-state index contributed by atoms with van der Waals surface area (Å²) in [6.07, 6.45) is 2.50. The Hall–Kier alpha value is -3.46. The van der Waals surface area contributed by atoms with E-state index in [1.165, 1.54) is 0 Å². The molecule has 9 nitrogen and oxygen atoms in total. The second kappa shape index (κ2) is 10.4. The standard InChI is InChI=1S/C28H33ClN4O5/c1-17-15-18(11-12-20(17)22-23(34)28(5,6)38-31-22)25(35)33(24-21(29)10-7-13-30-24)19-9-8-14-32(16-19)26(36)37-27(2,3)4/h7,10-13,15,19H,8-9,14,16H2,1-6H3/t19-/m1/s1. The zero-order valence-electron chi connectivity index (χ0n) is 22.6. The summed E-state index contributed by atoms with van der Waals surface area (Å²) in [4.78, 5) is 52.5. The molecule has 0 saturated carbocycles. The molecule has 0 bridgehead atoms. The Morgan fingerprint density at radius 3 is 2.58 bits per heavy atom. The maximum Gasteiger partial charge on any atom is 0.410 e. The topological polar surface area (TPSA) is 101 Å². The van der Waals surface area contributed by atoms with Crippen LogP contribution in [0.2, 0.25) is 5.02 Å². The zero-order chi connectivity index (χ0) is 27.8. The lowest BCUT2D eigenvalue weighted by Crippen LogP contribution is -2.53. The van der Waals surface area contributed by atoms with Crippen LogP contribution in [0.3, 0.4) is 0 Å². The molecule has 1 saturated heterocycles. The number of Topliss-reactive ketones (excluding diaryl/α,β-unsaturated/α-hetero) is 1. The summed E-state index contributed by atoms with van der Waals surface area (Å²) in [5.41, 5.74) is 0.284. The summed E-state index contributed by atoms with van der Waals surface area (Å²) >= 11 is 6.51. The molecular formula is C28H33ClN4O5. The van der Waals surface area contributed by atoms with Crippen molar-refractivity contribution in [2.45, 2.75) is 71.6 Å². The average molecular weight is 541 g/mol. The number of likely N-dealkylation sites (tertiary alicyclic amines) is 1. The van der Waals surface area contributed by atoms with Gasteiger partial charge in [0, 0.05) is 30.4 Å². The molecule has 1 fully saturated rings. The molecule has 2 amide bonds. The number of hydrogen-bond acceptors (Lipinski definition) is 7. The fourth-order valence-electron chi connectivity index (χ4n) is 4.55. The third-order valence-corrected chi connectivity index (χ3v) is 6.75. The SMILES string of the molecule is Cc1cc(C(=O)N(c2ncccc2Cl)[C@@H]2CCCN(C(=O)OC(C)(C)C)C2)ccc1C1=NOC(C)(C)C1=O. The van der Waals surface area contributed by atoms with Crippen molar-refractivity contribution in [2.75, 3.05) is 18.0 Å². The maximum atomic E-state index is 14.0. The Morgan fingerprint density at radius 1 is 1.24 bits per heavy atom. The van der Waals surface area contributed by atoms with Crippen LogP contribution < -0.4 is 4.90 Å². The van der Waals surface area contributed by atoms with Crippen LogP contribution in [0.4, 0.5) is 10.6 Å². The van der Waals surface area contributed by atoms with E-state index in [0.29, 0.717) is 46.9 Å². The lowest BCUT2D eigenvalue weighted by atomic mass is 9.92.